The van der Waals surface area contributed by atoms with E-state index in [-0.39, 0.29) is 17.9 Å². The van der Waals surface area contributed by atoms with Gasteiger partial charge in [-0.15, -0.1) is 0 Å². The highest BCUT2D eigenvalue weighted by atomic mass is 16.3. The quantitative estimate of drug-likeness (QED) is 0.418. The van der Waals surface area contributed by atoms with E-state index < -0.39 is 0 Å². The van der Waals surface area contributed by atoms with E-state index in [0.29, 0.717) is 24.2 Å². The van der Waals surface area contributed by atoms with Crippen LogP contribution in [0.1, 0.15) is 39.1 Å². The second-order valence-electron chi connectivity index (χ2n) is 8.49. The van der Waals surface area contributed by atoms with Crippen LogP contribution >= 0.6 is 0 Å². The van der Waals surface area contributed by atoms with Crippen molar-refractivity contribution < 1.29 is 14.0 Å². The molecule has 5 nitrogen and oxygen atoms in total. The smallest absolute Gasteiger partial charge is 0.255 e. The van der Waals surface area contributed by atoms with Crippen molar-refractivity contribution >= 4 is 22.8 Å². The summed E-state index contributed by atoms with van der Waals surface area (Å²) in [4.78, 5) is 28.5. The van der Waals surface area contributed by atoms with E-state index in [1.807, 2.05) is 72.5 Å². The van der Waals surface area contributed by atoms with Crippen molar-refractivity contribution in [1.82, 2.24) is 10.2 Å². The van der Waals surface area contributed by atoms with Gasteiger partial charge in [0.25, 0.3) is 11.8 Å². The third kappa shape index (κ3) is 4.27. The molecule has 0 radical (unpaired) electrons. The van der Waals surface area contributed by atoms with Crippen molar-refractivity contribution in [3.8, 4) is 11.1 Å². The fourth-order valence-electron chi connectivity index (χ4n) is 4.37. The van der Waals surface area contributed by atoms with E-state index in [9.17, 15) is 9.59 Å². The van der Waals surface area contributed by atoms with Crippen LogP contribution in [0.3, 0.4) is 0 Å². The molecule has 3 aromatic carbocycles. The monoisotopic (exact) mass is 438 g/mol. The molecule has 4 aromatic rings. The number of hydrogen-bond donors (Lipinski definition) is 1. The molecule has 0 saturated heterocycles. The molecule has 1 aliphatic carbocycles. The van der Waals surface area contributed by atoms with Crippen LogP contribution in [0.5, 0.6) is 0 Å². The first-order valence-corrected chi connectivity index (χ1v) is 11.3. The number of carbonyl (C=O) groups excluding carboxylic acids is 2. The number of nitrogens with one attached hydrogen (secondary N) is 1. The van der Waals surface area contributed by atoms with Gasteiger partial charge in [-0.2, -0.15) is 0 Å². The Balaban J connectivity index is 1.34. The standard InChI is InChI=1S/C28H26N2O3/c1-19-7-5-10-22(20-8-3-2-4-9-20)26(19)28(32)30(21-13-14-21)17-16-29-27(31)24-11-6-12-25-23(24)15-18-33-25/h2-12,15,18,21H,13-14,16-17H2,1H3,(H,29,31). The largest absolute Gasteiger partial charge is 0.464 e. The fraction of sp³-hybridized carbons (Fsp3) is 0.214. The molecule has 1 saturated carbocycles. The summed E-state index contributed by atoms with van der Waals surface area (Å²) in [5.41, 5.74) is 4.94. The summed E-state index contributed by atoms with van der Waals surface area (Å²) in [6, 6.07) is 23.5. The van der Waals surface area contributed by atoms with Crippen molar-refractivity contribution in [2.24, 2.45) is 0 Å². The van der Waals surface area contributed by atoms with Crippen LogP contribution in [0.4, 0.5) is 0 Å². The SMILES string of the molecule is Cc1cccc(-c2ccccc2)c1C(=O)N(CCNC(=O)c1cccc2occc12)C1CC1. The Kier molecular flexibility index (Phi) is 5.69. The van der Waals surface area contributed by atoms with Crippen molar-refractivity contribution in [3.63, 3.8) is 0 Å². The Bertz CT molecular complexity index is 1310. The normalized spacial score (nSPS) is 13.1. The molecule has 1 fully saturated rings. The van der Waals surface area contributed by atoms with Gasteiger partial charge < -0.3 is 14.6 Å². The molecule has 0 unspecified atom stereocenters. The molecule has 0 aliphatic heterocycles. The minimum Gasteiger partial charge on any atom is -0.464 e. The van der Waals surface area contributed by atoms with Gasteiger partial charge in [0.2, 0.25) is 0 Å². The lowest BCUT2D eigenvalue weighted by molar-refractivity contribution is 0.0736. The van der Waals surface area contributed by atoms with E-state index in [0.717, 1.165) is 40.5 Å². The number of fused-ring (bicyclic) bond motifs is 1. The fourth-order valence-corrected chi connectivity index (χ4v) is 4.37. The van der Waals surface area contributed by atoms with Crippen LogP contribution in [0.15, 0.2) is 83.5 Å². The third-order valence-corrected chi connectivity index (χ3v) is 6.20. The molecule has 0 atom stereocenters. The second kappa shape index (κ2) is 8.94. The van der Waals surface area contributed by atoms with Gasteiger partial charge in [0.05, 0.1) is 17.4 Å². The van der Waals surface area contributed by atoms with Crippen LogP contribution in [0.25, 0.3) is 22.1 Å². The van der Waals surface area contributed by atoms with Crippen LogP contribution in [-0.4, -0.2) is 35.8 Å². The average molecular weight is 439 g/mol. The molecule has 2 amide bonds. The summed E-state index contributed by atoms with van der Waals surface area (Å²) in [5, 5.41) is 3.78. The lowest BCUT2D eigenvalue weighted by atomic mass is 9.95. The van der Waals surface area contributed by atoms with E-state index in [2.05, 4.69) is 5.32 Å². The van der Waals surface area contributed by atoms with Gasteiger partial charge >= 0.3 is 0 Å². The Hall–Kier alpha value is -3.86. The predicted octanol–water partition coefficient (Wildman–Crippen LogP) is 5.44. The first kappa shape index (κ1) is 21.0. The molecular formula is C28H26N2O3. The van der Waals surface area contributed by atoms with Crippen LogP contribution in [-0.2, 0) is 0 Å². The van der Waals surface area contributed by atoms with Gasteiger partial charge in [-0.1, -0.05) is 54.6 Å². The van der Waals surface area contributed by atoms with E-state index in [1.165, 1.54) is 0 Å². The molecule has 0 spiro atoms. The molecule has 0 bridgehead atoms. The highest BCUT2D eigenvalue weighted by Gasteiger charge is 2.34. The van der Waals surface area contributed by atoms with E-state index >= 15 is 0 Å². The number of carbonyl (C=O) groups is 2. The molecule has 1 aliphatic rings. The summed E-state index contributed by atoms with van der Waals surface area (Å²) in [7, 11) is 0. The maximum Gasteiger partial charge on any atom is 0.255 e. The molecule has 1 aromatic heterocycles. The molecule has 166 valence electrons. The molecule has 5 rings (SSSR count). The van der Waals surface area contributed by atoms with Crippen molar-refractivity contribution in [2.45, 2.75) is 25.8 Å². The summed E-state index contributed by atoms with van der Waals surface area (Å²) >= 11 is 0. The molecule has 1 N–H and O–H groups in total. The number of hydrogen-bond acceptors (Lipinski definition) is 3. The lowest BCUT2D eigenvalue weighted by Gasteiger charge is -2.25. The molecular weight excluding hydrogens is 412 g/mol. The summed E-state index contributed by atoms with van der Waals surface area (Å²) in [6.07, 6.45) is 3.59. The highest BCUT2D eigenvalue weighted by molar-refractivity contribution is 6.06. The molecule has 1 heterocycles. The number of amides is 2. The van der Waals surface area contributed by atoms with Crippen LogP contribution in [0, 0.1) is 6.92 Å². The van der Waals surface area contributed by atoms with Gasteiger partial charge in [0.1, 0.15) is 5.58 Å². The van der Waals surface area contributed by atoms with Crippen LogP contribution < -0.4 is 5.32 Å². The zero-order chi connectivity index (χ0) is 22.8. The van der Waals surface area contributed by atoms with Gasteiger partial charge in [-0.25, -0.2) is 0 Å². The van der Waals surface area contributed by atoms with Crippen LogP contribution in [0.2, 0.25) is 0 Å². The van der Waals surface area contributed by atoms with Crippen molar-refractivity contribution in [3.05, 3.63) is 95.7 Å². The minimum atomic E-state index is -0.161. The summed E-state index contributed by atoms with van der Waals surface area (Å²) in [5.74, 6) is -0.133. The third-order valence-electron chi connectivity index (χ3n) is 6.20. The summed E-state index contributed by atoms with van der Waals surface area (Å²) in [6.45, 7) is 2.85. The first-order valence-electron chi connectivity index (χ1n) is 11.3. The Labute approximate surface area is 193 Å². The average Bonchev–Trinajstić information content (AvgIpc) is 3.56. The topological polar surface area (TPSA) is 62.6 Å². The zero-order valence-electron chi connectivity index (χ0n) is 18.6. The predicted molar refractivity (Wildman–Crippen MR) is 129 cm³/mol. The highest BCUT2D eigenvalue weighted by Crippen LogP contribution is 2.32. The van der Waals surface area contributed by atoms with Gasteiger partial charge in [-0.3, -0.25) is 9.59 Å². The summed E-state index contributed by atoms with van der Waals surface area (Å²) < 4.78 is 5.40. The van der Waals surface area contributed by atoms with E-state index in [4.69, 9.17) is 4.42 Å². The second-order valence-corrected chi connectivity index (χ2v) is 8.49. The van der Waals surface area contributed by atoms with Gasteiger partial charge in [-0.05, 0) is 54.7 Å². The van der Waals surface area contributed by atoms with E-state index in [1.54, 1.807) is 18.4 Å². The number of rotatable bonds is 7. The van der Waals surface area contributed by atoms with Gasteiger partial charge in [0, 0.05) is 24.5 Å². The lowest BCUT2D eigenvalue weighted by Crippen LogP contribution is -2.40. The maximum absolute atomic E-state index is 13.7. The Morgan fingerprint density at radius 3 is 2.55 bits per heavy atom. The van der Waals surface area contributed by atoms with Crippen molar-refractivity contribution in [1.29, 1.82) is 0 Å². The Morgan fingerprint density at radius 1 is 0.970 bits per heavy atom. The molecule has 5 heteroatoms. The first-order chi connectivity index (χ1) is 16.1. The number of furan rings is 1. The number of nitrogens with zero attached hydrogens (tertiary/aromatic N) is 1. The number of benzene rings is 3. The van der Waals surface area contributed by atoms with Crippen molar-refractivity contribution in [2.75, 3.05) is 13.1 Å². The Morgan fingerprint density at radius 2 is 1.76 bits per heavy atom. The molecule has 33 heavy (non-hydrogen) atoms. The van der Waals surface area contributed by atoms with Gasteiger partial charge in [0.15, 0.2) is 0 Å². The number of aryl methyl sites for hydroxylation is 1. The maximum atomic E-state index is 13.7. The zero-order valence-corrected chi connectivity index (χ0v) is 18.6. The minimum absolute atomic E-state index is 0.0284.